The summed E-state index contributed by atoms with van der Waals surface area (Å²) in [4.78, 5) is 5.53. The molecule has 0 saturated heterocycles. The van der Waals surface area contributed by atoms with Crippen LogP contribution in [-0.4, -0.2) is 4.98 Å². The van der Waals surface area contributed by atoms with E-state index in [4.69, 9.17) is 0 Å². The van der Waals surface area contributed by atoms with Gasteiger partial charge in [-0.2, -0.15) is 0 Å². The maximum Gasteiger partial charge on any atom is 0.0798 e. The topological polar surface area (TPSA) is 24.9 Å². The van der Waals surface area contributed by atoms with Crippen molar-refractivity contribution in [3.63, 3.8) is 0 Å². The molecule has 0 atom stereocenters. The number of aromatic nitrogens is 1. The number of halogens is 1. The zero-order chi connectivity index (χ0) is 10.7. The molecule has 0 fully saturated rings. The van der Waals surface area contributed by atoms with E-state index in [-0.39, 0.29) is 0 Å². The zero-order valence-electron chi connectivity index (χ0n) is 8.33. The van der Waals surface area contributed by atoms with Crippen LogP contribution in [0.15, 0.2) is 29.8 Å². The molecule has 0 saturated carbocycles. The van der Waals surface area contributed by atoms with Gasteiger partial charge in [-0.1, -0.05) is 12.1 Å². The molecule has 2 nitrogen and oxygen atoms in total. The van der Waals surface area contributed by atoms with Crippen molar-refractivity contribution in [2.45, 2.75) is 13.5 Å². The molecular formula is C11H11IN2S. The summed E-state index contributed by atoms with van der Waals surface area (Å²) >= 11 is 4.03. The summed E-state index contributed by atoms with van der Waals surface area (Å²) in [5.74, 6) is 0. The molecule has 78 valence electrons. The summed E-state index contributed by atoms with van der Waals surface area (Å²) in [6.07, 6.45) is 0. The fourth-order valence-electron chi connectivity index (χ4n) is 1.28. The molecule has 1 aromatic carbocycles. The van der Waals surface area contributed by atoms with E-state index in [1.807, 2.05) is 24.6 Å². The van der Waals surface area contributed by atoms with E-state index in [9.17, 15) is 0 Å². The van der Waals surface area contributed by atoms with Gasteiger partial charge in [0.15, 0.2) is 0 Å². The monoisotopic (exact) mass is 330 g/mol. The fourth-order valence-corrected chi connectivity index (χ4v) is 2.57. The van der Waals surface area contributed by atoms with Crippen molar-refractivity contribution in [3.05, 3.63) is 43.9 Å². The number of benzene rings is 1. The number of rotatable bonds is 3. The Kier molecular flexibility index (Phi) is 3.58. The number of nitrogens with zero attached hydrogens (tertiary/aromatic N) is 1. The first-order chi connectivity index (χ1) is 7.27. The largest absolute Gasteiger partial charge is 0.379 e. The van der Waals surface area contributed by atoms with E-state index in [1.165, 1.54) is 14.1 Å². The van der Waals surface area contributed by atoms with Gasteiger partial charge in [0.2, 0.25) is 0 Å². The SMILES string of the molecule is Cc1ncsc1CNc1ccccc1I. The molecule has 1 aromatic heterocycles. The molecular weight excluding hydrogens is 319 g/mol. The molecule has 0 unspecified atom stereocenters. The molecule has 15 heavy (non-hydrogen) atoms. The number of nitrogens with one attached hydrogen (secondary N) is 1. The molecule has 0 aliphatic heterocycles. The van der Waals surface area contributed by atoms with Gasteiger partial charge in [0.25, 0.3) is 0 Å². The Morgan fingerprint density at radius 3 is 2.87 bits per heavy atom. The van der Waals surface area contributed by atoms with Crippen molar-refractivity contribution >= 4 is 39.6 Å². The predicted molar refractivity (Wildman–Crippen MR) is 73.3 cm³/mol. The van der Waals surface area contributed by atoms with Crippen molar-refractivity contribution in [1.29, 1.82) is 0 Å². The molecule has 0 spiro atoms. The van der Waals surface area contributed by atoms with Crippen LogP contribution in [0.25, 0.3) is 0 Å². The predicted octanol–water partition coefficient (Wildman–Crippen LogP) is 3.67. The second kappa shape index (κ2) is 4.94. The van der Waals surface area contributed by atoms with Crippen molar-refractivity contribution < 1.29 is 0 Å². The third-order valence-electron chi connectivity index (χ3n) is 2.16. The van der Waals surface area contributed by atoms with Gasteiger partial charge >= 0.3 is 0 Å². The molecule has 0 radical (unpaired) electrons. The minimum absolute atomic E-state index is 0.858. The van der Waals surface area contributed by atoms with Crippen LogP contribution in [0.2, 0.25) is 0 Å². The fraction of sp³-hybridized carbons (Fsp3) is 0.182. The molecule has 0 amide bonds. The number of aryl methyl sites for hydroxylation is 1. The highest BCUT2D eigenvalue weighted by atomic mass is 127. The number of hydrogen-bond acceptors (Lipinski definition) is 3. The lowest BCUT2D eigenvalue weighted by molar-refractivity contribution is 1.12. The second-order valence-corrected chi connectivity index (χ2v) is 5.30. The van der Waals surface area contributed by atoms with E-state index in [0.717, 1.165) is 12.2 Å². The Hall–Kier alpha value is -0.620. The Balaban J connectivity index is 2.06. The minimum Gasteiger partial charge on any atom is -0.379 e. The maximum absolute atomic E-state index is 4.23. The molecule has 0 aliphatic rings. The minimum atomic E-state index is 0.858. The zero-order valence-corrected chi connectivity index (χ0v) is 11.3. The van der Waals surface area contributed by atoms with Crippen LogP contribution in [0.5, 0.6) is 0 Å². The van der Waals surface area contributed by atoms with Crippen molar-refractivity contribution in [3.8, 4) is 0 Å². The Morgan fingerprint density at radius 1 is 1.40 bits per heavy atom. The van der Waals surface area contributed by atoms with Crippen LogP contribution in [0.3, 0.4) is 0 Å². The average molecular weight is 330 g/mol. The highest BCUT2D eigenvalue weighted by Gasteiger charge is 2.02. The maximum atomic E-state index is 4.23. The first-order valence-corrected chi connectivity index (χ1v) is 6.60. The van der Waals surface area contributed by atoms with Crippen molar-refractivity contribution in [2.24, 2.45) is 0 Å². The summed E-state index contributed by atoms with van der Waals surface area (Å²) in [5, 5.41) is 3.42. The van der Waals surface area contributed by atoms with Crippen molar-refractivity contribution in [1.82, 2.24) is 4.98 Å². The van der Waals surface area contributed by atoms with Crippen LogP contribution in [0.4, 0.5) is 5.69 Å². The van der Waals surface area contributed by atoms with Crippen molar-refractivity contribution in [2.75, 3.05) is 5.32 Å². The Labute approximate surface area is 107 Å². The van der Waals surface area contributed by atoms with Crippen LogP contribution < -0.4 is 5.32 Å². The van der Waals surface area contributed by atoms with Gasteiger partial charge in [-0.05, 0) is 41.6 Å². The molecule has 1 N–H and O–H groups in total. The van der Waals surface area contributed by atoms with E-state index in [0.29, 0.717) is 0 Å². The third kappa shape index (κ3) is 2.69. The van der Waals surface area contributed by atoms with E-state index in [2.05, 4.69) is 45.0 Å². The number of hydrogen-bond donors (Lipinski definition) is 1. The summed E-state index contributed by atoms with van der Waals surface area (Å²) in [6.45, 7) is 2.90. The lowest BCUT2D eigenvalue weighted by Crippen LogP contribution is -2.00. The number of para-hydroxylation sites is 1. The molecule has 1 heterocycles. The van der Waals surface area contributed by atoms with E-state index in [1.54, 1.807) is 11.3 Å². The highest BCUT2D eigenvalue weighted by Crippen LogP contribution is 2.19. The lowest BCUT2D eigenvalue weighted by Gasteiger charge is -2.07. The van der Waals surface area contributed by atoms with Crippen LogP contribution in [0.1, 0.15) is 10.6 Å². The van der Waals surface area contributed by atoms with Gasteiger partial charge in [-0.25, -0.2) is 4.98 Å². The van der Waals surface area contributed by atoms with Gasteiger partial charge < -0.3 is 5.32 Å². The molecule has 4 heteroatoms. The first-order valence-electron chi connectivity index (χ1n) is 4.65. The number of anilines is 1. The Morgan fingerprint density at radius 2 is 2.20 bits per heavy atom. The Bertz CT molecular complexity index is 453. The van der Waals surface area contributed by atoms with Gasteiger partial charge in [0, 0.05) is 14.1 Å². The van der Waals surface area contributed by atoms with Gasteiger partial charge in [0.1, 0.15) is 0 Å². The van der Waals surface area contributed by atoms with E-state index < -0.39 is 0 Å². The molecule has 0 aliphatic carbocycles. The highest BCUT2D eigenvalue weighted by molar-refractivity contribution is 14.1. The summed E-state index contributed by atoms with van der Waals surface area (Å²) in [6, 6.07) is 8.29. The molecule has 0 bridgehead atoms. The molecule has 2 rings (SSSR count). The van der Waals surface area contributed by atoms with Crippen LogP contribution in [0, 0.1) is 10.5 Å². The summed E-state index contributed by atoms with van der Waals surface area (Å²) in [5.41, 5.74) is 4.20. The number of thiazole rings is 1. The average Bonchev–Trinajstić information content (AvgIpc) is 2.63. The quantitative estimate of drug-likeness (QED) is 0.869. The van der Waals surface area contributed by atoms with Crippen LogP contribution in [-0.2, 0) is 6.54 Å². The third-order valence-corrected chi connectivity index (χ3v) is 4.03. The standard InChI is InChI=1S/C11H11IN2S/c1-8-11(15-7-14-8)6-13-10-5-3-2-4-9(10)12/h2-5,7,13H,6H2,1H3. The lowest BCUT2D eigenvalue weighted by atomic mass is 10.3. The second-order valence-electron chi connectivity index (χ2n) is 3.19. The normalized spacial score (nSPS) is 10.3. The van der Waals surface area contributed by atoms with Gasteiger partial charge in [-0.3, -0.25) is 0 Å². The first kappa shape index (κ1) is 10.9. The molecule has 2 aromatic rings. The summed E-state index contributed by atoms with van der Waals surface area (Å²) in [7, 11) is 0. The van der Waals surface area contributed by atoms with Crippen LogP contribution >= 0.6 is 33.9 Å². The summed E-state index contributed by atoms with van der Waals surface area (Å²) < 4.78 is 1.25. The van der Waals surface area contributed by atoms with Gasteiger partial charge in [0.05, 0.1) is 17.7 Å². The van der Waals surface area contributed by atoms with E-state index >= 15 is 0 Å². The smallest absolute Gasteiger partial charge is 0.0798 e. The van der Waals surface area contributed by atoms with Gasteiger partial charge in [-0.15, -0.1) is 11.3 Å².